The fourth-order valence-electron chi connectivity index (χ4n) is 2.51. The summed E-state index contributed by atoms with van der Waals surface area (Å²) in [4.78, 5) is 23.7. The van der Waals surface area contributed by atoms with Crippen LogP contribution in [0.2, 0.25) is 5.02 Å². The maximum absolute atomic E-state index is 11.9. The monoisotopic (exact) mass is 308 g/mol. The van der Waals surface area contributed by atoms with Gasteiger partial charge in [0.05, 0.1) is 5.52 Å². The van der Waals surface area contributed by atoms with Crippen molar-refractivity contribution >= 4 is 28.6 Å². The Labute approximate surface area is 126 Å². The number of halogens is 1. The van der Waals surface area contributed by atoms with E-state index in [1.807, 2.05) is 6.92 Å². The van der Waals surface area contributed by atoms with Gasteiger partial charge in [-0.3, -0.25) is 9.36 Å². The van der Waals surface area contributed by atoms with E-state index in [0.717, 1.165) is 0 Å². The molecule has 1 N–H and O–H groups in total. The van der Waals surface area contributed by atoms with Crippen LogP contribution in [0.3, 0.4) is 0 Å². The number of hydrogen-bond donors (Lipinski definition) is 1. The number of nitrogens with one attached hydrogen (secondary N) is 1. The molecule has 1 aromatic carbocycles. The topological polar surface area (TPSA) is 64.2 Å². The van der Waals surface area contributed by atoms with E-state index in [1.165, 1.54) is 17.4 Å². The number of oxazole rings is 1. The molecule has 0 saturated heterocycles. The molecule has 3 rings (SSSR count). The smallest absolute Gasteiger partial charge is 0.408 e. The lowest BCUT2D eigenvalue weighted by Gasteiger charge is -2.12. The quantitative estimate of drug-likeness (QED) is 0.923. The lowest BCUT2D eigenvalue weighted by molar-refractivity contribution is -0.122. The first-order chi connectivity index (χ1) is 10.0. The van der Waals surface area contributed by atoms with Crippen LogP contribution in [0.5, 0.6) is 0 Å². The lowest BCUT2D eigenvalue weighted by atomic mass is 10.2. The van der Waals surface area contributed by atoms with Gasteiger partial charge in [0.25, 0.3) is 0 Å². The average Bonchev–Trinajstić information content (AvgIpc) is 3.21. The second-order valence-corrected chi connectivity index (χ2v) is 6.01. The van der Waals surface area contributed by atoms with E-state index in [0.29, 0.717) is 28.6 Å². The van der Waals surface area contributed by atoms with Gasteiger partial charge in [-0.1, -0.05) is 11.6 Å². The Morgan fingerprint density at radius 2 is 2.29 bits per heavy atom. The van der Waals surface area contributed by atoms with E-state index in [4.69, 9.17) is 16.0 Å². The van der Waals surface area contributed by atoms with Crippen molar-refractivity contribution in [3.05, 3.63) is 33.8 Å². The minimum atomic E-state index is -0.463. The summed E-state index contributed by atoms with van der Waals surface area (Å²) in [7, 11) is 0. The molecular formula is C15H17ClN2O3. The van der Waals surface area contributed by atoms with Crippen molar-refractivity contribution in [2.75, 3.05) is 0 Å². The zero-order chi connectivity index (χ0) is 15.0. The number of benzene rings is 1. The molecule has 112 valence electrons. The molecule has 1 aliphatic rings. The third kappa shape index (κ3) is 3.13. The Morgan fingerprint density at radius 3 is 3.00 bits per heavy atom. The first-order valence-corrected chi connectivity index (χ1v) is 7.50. The third-order valence-electron chi connectivity index (χ3n) is 3.91. The van der Waals surface area contributed by atoms with Gasteiger partial charge in [0.15, 0.2) is 5.58 Å². The van der Waals surface area contributed by atoms with Crippen LogP contribution in [0.1, 0.15) is 26.2 Å². The lowest BCUT2D eigenvalue weighted by Crippen LogP contribution is -2.34. The molecule has 1 aromatic heterocycles. The molecule has 21 heavy (non-hydrogen) atoms. The van der Waals surface area contributed by atoms with Gasteiger partial charge < -0.3 is 9.73 Å². The van der Waals surface area contributed by atoms with Gasteiger partial charge in [0.1, 0.15) is 0 Å². The number of aromatic nitrogens is 1. The van der Waals surface area contributed by atoms with Crippen LogP contribution in [0.4, 0.5) is 0 Å². The van der Waals surface area contributed by atoms with E-state index in [2.05, 4.69) is 5.32 Å². The zero-order valence-electron chi connectivity index (χ0n) is 11.8. The third-order valence-corrected chi connectivity index (χ3v) is 4.15. The van der Waals surface area contributed by atoms with Crippen molar-refractivity contribution in [3.63, 3.8) is 0 Å². The second kappa shape index (κ2) is 5.56. The number of rotatable bonds is 5. The average molecular weight is 309 g/mol. The summed E-state index contributed by atoms with van der Waals surface area (Å²) in [5.74, 6) is 0.119. The molecule has 1 saturated carbocycles. The molecule has 1 fully saturated rings. The number of fused-ring (bicyclic) bond motifs is 1. The van der Waals surface area contributed by atoms with Crippen LogP contribution < -0.4 is 11.1 Å². The summed E-state index contributed by atoms with van der Waals surface area (Å²) < 4.78 is 6.60. The minimum Gasteiger partial charge on any atom is -0.408 e. The highest BCUT2D eigenvalue weighted by Crippen LogP contribution is 2.32. The van der Waals surface area contributed by atoms with Crippen LogP contribution in [-0.4, -0.2) is 16.5 Å². The van der Waals surface area contributed by atoms with Crippen molar-refractivity contribution in [2.45, 2.75) is 38.8 Å². The molecule has 5 nitrogen and oxygen atoms in total. The molecule has 1 heterocycles. The number of nitrogens with zero attached hydrogens (tertiary/aromatic N) is 1. The molecule has 0 bridgehead atoms. The van der Waals surface area contributed by atoms with Gasteiger partial charge in [-0.2, -0.15) is 0 Å². The second-order valence-electron chi connectivity index (χ2n) is 5.58. The summed E-state index contributed by atoms with van der Waals surface area (Å²) in [6.45, 7) is 2.33. The van der Waals surface area contributed by atoms with Gasteiger partial charge in [-0.05, 0) is 37.8 Å². The Balaban J connectivity index is 1.68. The van der Waals surface area contributed by atoms with E-state index >= 15 is 0 Å². The Kier molecular flexibility index (Phi) is 3.76. The zero-order valence-corrected chi connectivity index (χ0v) is 12.5. The van der Waals surface area contributed by atoms with Crippen molar-refractivity contribution < 1.29 is 9.21 Å². The standard InChI is InChI=1S/C15H17ClN2O3/c1-9(10-2-3-10)17-14(19)6-7-18-12-5-4-11(16)8-13(12)21-15(18)20/h4-5,8-10H,2-3,6-7H2,1H3,(H,17,19)/t9-/m1/s1. The molecule has 0 unspecified atom stereocenters. The normalized spacial score (nSPS) is 16.1. The number of hydrogen-bond acceptors (Lipinski definition) is 3. The largest absolute Gasteiger partial charge is 0.419 e. The van der Waals surface area contributed by atoms with E-state index < -0.39 is 5.76 Å². The SMILES string of the molecule is C[C@@H](NC(=O)CCn1c(=O)oc2cc(Cl)ccc21)C1CC1. The first kappa shape index (κ1) is 14.2. The van der Waals surface area contributed by atoms with Crippen molar-refractivity contribution in [1.29, 1.82) is 0 Å². The van der Waals surface area contributed by atoms with Crippen LogP contribution in [0.25, 0.3) is 11.1 Å². The molecular weight excluding hydrogens is 292 g/mol. The highest BCUT2D eigenvalue weighted by molar-refractivity contribution is 6.31. The molecule has 6 heteroatoms. The number of aryl methyl sites for hydroxylation is 1. The summed E-state index contributed by atoms with van der Waals surface area (Å²) >= 11 is 5.87. The van der Waals surface area contributed by atoms with Crippen LogP contribution in [0, 0.1) is 5.92 Å². The molecule has 0 aliphatic heterocycles. The Bertz CT molecular complexity index is 730. The maximum Gasteiger partial charge on any atom is 0.419 e. The Morgan fingerprint density at radius 1 is 1.52 bits per heavy atom. The van der Waals surface area contributed by atoms with E-state index in [9.17, 15) is 9.59 Å². The molecule has 0 radical (unpaired) electrons. The van der Waals surface area contributed by atoms with Gasteiger partial charge >= 0.3 is 5.76 Å². The fourth-order valence-corrected chi connectivity index (χ4v) is 2.67. The number of carbonyl (C=O) groups excluding carboxylic acids is 1. The van der Waals surface area contributed by atoms with E-state index in [1.54, 1.807) is 18.2 Å². The predicted molar refractivity (Wildman–Crippen MR) is 80.4 cm³/mol. The molecule has 1 atom stereocenters. The maximum atomic E-state index is 11.9. The summed E-state index contributed by atoms with van der Waals surface area (Å²) in [5, 5.41) is 3.49. The highest BCUT2D eigenvalue weighted by Gasteiger charge is 2.28. The predicted octanol–water partition coefficient (Wildman–Crippen LogP) is 2.55. The summed E-state index contributed by atoms with van der Waals surface area (Å²) in [6.07, 6.45) is 2.64. The van der Waals surface area contributed by atoms with E-state index in [-0.39, 0.29) is 18.4 Å². The van der Waals surface area contributed by atoms with Crippen LogP contribution >= 0.6 is 11.6 Å². The molecule has 1 aliphatic carbocycles. The summed E-state index contributed by atoms with van der Waals surface area (Å²) in [6, 6.07) is 5.25. The molecule has 0 spiro atoms. The van der Waals surface area contributed by atoms with Crippen LogP contribution in [-0.2, 0) is 11.3 Å². The minimum absolute atomic E-state index is 0.0374. The Hall–Kier alpha value is -1.75. The van der Waals surface area contributed by atoms with Gasteiger partial charge in [-0.25, -0.2) is 4.79 Å². The van der Waals surface area contributed by atoms with Crippen molar-refractivity contribution in [3.8, 4) is 0 Å². The first-order valence-electron chi connectivity index (χ1n) is 7.13. The fraction of sp³-hybridized carbons (Fsp3) is 0.467. The molecule has 1 amide bonds. The van der Waals surface area contributed by atoms with Crippen LogP contribution in [0.15, 0.2) is 27.4 Å². The van der Waals surface area contributed by atoms with Gasteiger partial charge in [-0.15, -0.1) is 0 Å². The number of amides is 1. The summed E-state index contributed by atoms with van der Waals surface area (Å²) in [5.41, 5.74) is 1.10. The van der Waals surface area contributed by atoms with Crippen molar-refractivity contribution in [2.24, 2.45) is 5.92 Å². The molecule has 2 aromatic rings. The van der Waals surface area contributed by atoms with Crippen molar-refractivity contribution in [1.82, 2.24) is 9.88 Å². The highest BCUT2D eigenvalue weighted by atomic mass is 35.5. The number of carbonyl (C=O) groups is 1. The van der Waals surface area contributed by atoms with Gasteiger partial charge in [0, 0.05) is 30.1 Å². The van der Waals surface area contributed by atoms with Gasteiger partial charge in [0.2, 0.25) is 5.91 Å².